The fraction of sp³-hybridized carbons (Fsp3) is 0.500. The van der Waals surface area contributed by atoms with Crippen LogP contribution in [-0.2, 0) is 14.3 Å². The maximum atomic E-state index is 12.0. The Morgan fingerprint density at radius 2 is 1.92 bits per heavy atom. The second kappa shape index (κ2) is 6.51. The summed E-state index contributed by atoms with van der Waals surface area (Å²) in [7, 11) is 0. The third-order valence-electron chi connectivity index (χ3n) is 3.78. The summed E-state index contributed by atoms with van der Waals surface area (Å²) >= 11 is 0. The van der Waals surface area contributed by atoms with Crippen molar-refractivity contribution < 1.29 is 44.5 Å². The zero-order chi connectivity index (χ0) is 17.4. The van der Waals surface area contributed by atoms with Gasteiger partial charge in [0.15, 0.2) is 6.29 Å². The lowest BCUT2D eigenvalue weighted by atomic mass is 9.99. The second-order valence-corrected chi connectivity index (χ2v) is 5.45. The highest BCUT2D eigenvalue weighted by molar-refractivity contribution is 5.97. The molecule has 0 aliphatic carbocycles. The highest BCUT2D eigenvalue weighted by Gasteiger charge is 2.46. The molecule has 6 N–H and O–H groups in total. The zero-order valence-corrected chi connectivity index (χ0v) is 12.3. The molecule has 1 aromatic rings. The van der Waals surface area contributed by atoms with Crippen LogP contribution in [-0.4, -0.2) is 75.0 Å². The van der Waals surface area contributed by atoms with Crippen molar-refractivity contribution in [2.24, 2.45) is 0 Å². The molecule has 0 aromatic heterocycles. The maximum Gasteiger partial charge on any atom is 0.294 e. The Labute approximate surface area is 135 Å². The SMILES string of the molecule is O=C1Nc2cc(O)ccc2OC1O[C@@H]1O[C@H](CO)[C@@H](O)[C@H](O)[C@H]1O. The van der Waals surface area contributed by atoms with Gasteiger partial charge in [0.2, 0.25) is 0 Å². The molecule has 1 unspecified atom stereocenters. The van der Waals surface area contributed by atoms with E-state index in [0.29, 0.717) is 0 Å². The van der Waals surface area contributed by atoms with Crippen molar-refractivity contribution in [3.63, 3.8) is 0 Å². The van der Waals surface area contributed by atoms with Gasteiger partial charge in [0.1, 0.15) is 35.9 Å². The van der Waals surface area contributed by atoms with Gasteiger partial charge in [0.05, 0.1) is 12.3 Å². The Morgan fingerprint density at radius 3 is 2.62 bits per heavy atom. The molecule has 1 aromatic carbocycles. The number of aliphatic hydroxyl groups is 4. The molecule has 1 amide bonds. The van der Waals surface area contributed by atoms with Crippen LogP contribution >= 0.6 is 0 Å². The Bertz CT molecular complexity index is 622. The average Bonchev–Trinajstić information content (AvgIpc) is 2.56. The van der Waals surface area contributed by atoms with Gasteiger partial charge in [-0.15, -0.1) is 0 Å². The maximum absolute atomic E-state index is 12.0. The van der Waals surface area contributed by atoms with E-state index in [0.717, 1.165) is 0 Å². The second-order valence-electron chi connectivity index (χ2n) is 5.45. The van der Waals surface area contributed by atoms with Crippen LogP contribution in [0.4, 0.5) is 5.69 Å². The van der Waals surface area contributed by atoms with Crippen LogP contribution in [0.5, 0.6) is 11.5 Å². The van der Waals surface area contributed by atoms with Crippen LogP contribution in [0.1, 0.15) is 0 Å². The van der Waals surface area contributed by atoms with Crippen molar-refractivity contribution >= 4 is 11.6 Å². The summed E-state index contributed by atoms with van der Waals surface area (Å²) in [5.74, 6) is -0.557. The number of phenols is 1. The quantitative estimate of drug-likeness (QED) is 0.360. The highest BCUT2D eigenvalue weighted by atomic mass is 16.8. The van der Waals surface area contributed by atoms with E-state index in [1.807, 2.05) is 0 Å². The van der Waals surface area contributed by atoms with Gasteiger partial charge in [0, 0.05) is 6.07 Å². The van der Waals surface area contributed by atoms with Gasteiger partial charge in [-0.3, -0.25) is 4.79 Å². The summed E-state index contributed by atoms with van der Waals surface area (Å²) in [6.45, 7) is -0.620. The third kappa shape index (κ3) is 3.02. The number of fused-ring (bicyclic) bond motifs is 1. The summed E-state index contributed by atoms with van der Waals surface area (Å²) in [5.41, 5.74) is 0.244. The summed E-state index contributed by atoms with van der Waals surface area (Å²) in [6, 6.07) is 4.05. The monoisotopic (exact) mass is 343 g/mol. The van der Waals surface area contributed by atoms with Gasteiger partial charge >= 0.3 is 0 Å². The van der Waals surface area contributed by atoms with E-state index in [1.54, 1.807) is 0 Å². The lowest BCUT2D eigenvalue weighted by molar-refractivity contribution is -0.322. The molecule has 0 radical (unpaired) electrons. The number of nitrogens with one attached hydrogen (secondary N) is 1. The molecule has 24 heavy (non-hydrogen) atoms. The van der Waals surface area contributed by atoms with Crippen molar-refractivity contribution in [2.75, 3.05) is 11.9 Å². The smallest absolute Gasteiger partial charge is 0.294 e. The number of hydrogen-bond donors (Lipinski definition) is 6. The molecule has 10 heteroatoms. The van der Waals surface area contributed by atoms with E-state index in [9.17, 15) is 25.2 Å². The van der Waals surface area contributed by atoms with Crippen molar-refractivity contribution in [1.29, 1.82) is 0 Å². The molecule has 2 heterocycles. The first-order valence-corrected chi connectivity index (χ1v) is 7.17. The Balaban J connectivity index is 1.73. The minimum absolute atomic E-state index is 0.0639. The van der Waals surface area contributed by atoms with E-state index in [4.69, 9.17) is 19.3 Å². The fourth-order valence-electron chi connectivity index (χ4n) is 2.47. The normalized spacial score (nSPS) is 35.8. The van der Waals surface area contributed by atoms with E-state index >= 15 is 0 Å². The number of ether oxygens (including phenoxy) is 3. The number of amides is 1. The van der Waals surface area contributed by atoms with Crippen molar-refractivity contribution in [3.8, 4) is 11.5 Å². The predicted octanol–water partition coefficient (Wildman–Crippen LogP) is -2.13. The molecule has 0 bridgehead atoms. The van der Waals surface area contributed by atoms with Gasteiger partial charge in [-0.25, -0.2) is 0 Å². The number of hydrogen-bond acceptors (Lipinski definition) is 9. The lowest BCUT2D eigenvalue weighted by Gasteiger charge is -2.40. The van der Waals surface area contributed by atoms with Crippen LogP contribution < -0.4 is 10.1 Å². The van der Waals surface area contributed by atoms with Crippen LogP contribution in [0.3, 0.4) is 0 Å². The summed E-state index contributed by atoms with van der Waals surface area (Å²) in [4.78, 5) is 12.0. The van der Waals surface area contributed by atoms with Crippen LogP contribution in [0.15, 0.2) is 18.2 Å². The van der Waals surface area contributed by atoms with E-state index in [2.05, 4.69) is 5.32 Å². The molecule has 2 aliphatic rings. The fourth-order valence-corrected chi connectivity index (χ4v) is 2.47. The molecule has 1 fully saturated rings. The Kier molecular flexibility index (Phi) is 4.58. The Morgan fingerprint density at radius 1 is 1.17 bits per heavy atom. The Hall–Kier alpha value is -1.95. The molecular formula is C14H17NO9. The van der Waals surface area contributed by atoms with Crippen LogP contribution in [0.25, 0.3) is 0 Å². The number of aromatic hydroxyl groups is 1. The molecule has 132 valence electrons. The minimum atomic E-state index is -1.65. The van der Waals surface area contributed by atoms with Crippen LogP contribution in [0, 0.1) is 0 Å². The standard InChI is InChI=1S/C14H17NO9/c16-4-8-9(18)10(19)11(20)13(23-8)24-14-12(21)15-6-3-5(17)1-2-7(6)22-14/h1-3,8-11,13-14,16-20H,4H2,(H,15,21)/t8-,9-,10+,11-,13+,14?/m1/s1. The molecule has 1 saturated heterocycles. The summed E-state index contributed by atoms with van der Waals surface area (Å²) in [5, 5.41) is 50.3. The van der Waals surface area contributed by atoms with E-state index in [1.165, 1.54) is 18.2 Å². The zero-order valence-electron chi connectivity index (χ0n) is 12.3. The summed E-state index contributed by atoms with van der Waals surface area (Å²) < 4.78 is 15.7. The average molecular weight is 343 g/mol. The molecule has 2 aliphatic heterocycles. The van der Waals surface area contributed by atoms with Crippen molar-refractivity contribution in [3.05, 3.63) is 18.2 Å². The molecule has 0 saturated carbocycles. The first-order valence-electron chi connectivity index (χ1n) is 7.17. The number of anilines is 1. The first kappa shape index (κ1) is 16.9. The first-order chi connectivity index (χ1) is 11.4. The minimum Gasteiger partial charge on any atom is -0.508 e. The van der Waals surface area contributed by atoms with Crippen LogP contribution in [0.2, 0.25) is 0 Å². The van der Waals surface area contributed by atoms with Gasteiger partial charge in [-0.1, -0.05) is 0 Å². The third-order valence-corrected chi connectivity index (χ3v) is 3.78. The number of benzene rings is 1. The molecule has 10 nitrogen and oxygen atoms in total. The van der Waals surface area contributed by atoms with Gasteiger partial charge in [-0.05, 0) is 12.1 Å². The number of rotatable bonds is 3. The highest BCUT2D eigenvalue weighted by Crippen LogP contribution is 2.33. The summed E-state index contributed by atoms with van der Waals surface area (Å²) in [6.07, 6.45) is -8.98. The van der Waals surface area contributed by atoms with Gasteiger partial charge < -0.3 is 45.1 Å². The molecule has 0 spiro atoms. The predicted molar refractivity (Wildman–Crippen MR) is 76.0 cm³/mol. The number of carbonyl (C=O) groups is 1. The molecule has 6 atom stereocenters. The number of phenolic OH excluding ortho intramolecular Hbond substituents is 1. The number of carbonyl (C=O) groups excluding carboxylic acids is 1. The van der Waals surface area contributed by atoms with E-state index in [-0.39, 0.29) is 17.2 Å². The lowest BCUT2D eigenvalue weighted by Crippen LogP contribution is -2.60. The van der Waals surface area contributed by atoms with E-state index < -0.39 is 49.5 Å². The number of aliphatic hydroxyl groups excluding tert-OH is 4. The molecular weight excluding hydrogens is 326 g/mol. The van der Waals surface area contributed by atoms with Crippen molar-refractivity contribution in [2.45, 2.75) is 37.0 Å². The van der Waals surface area contributed by atoms with Gasteiger partial charge in [0.25, 0.3) is 12.2 Å². The largest absolute Gasteiger partial charge is 0.508 e. The van der Waals surface area contributed by atoms with Gasteiger partial charge in [-0.2, -0.15) is 0 Å². The molecule has 3 rings (SSSR count). The van der Waals surface area contributed by atoms with Crippen molar-refractivity contribution in [1.82, 2.24) is 0 Å². The topological polar surface area (TPSA) is 158 Å².